The van der Waals surface area contributed by atoms with Crippen LogP contribution in [-0.4, -0.2) is 57.9 Å². The van der Waals surface area contributed by atoms with E-state index in [2.05, 4.69) is 0 Å². The Morgan fingerprint density at radius 1 is 1.22 bits per heavy atom. The Balaban J connectivity index is 1.91. The molecular formula is C17H20N2O4. The topological polar surface area (TPSA) is 77.7 Å². The molecule has 2 aliphatic rings. The van der Waals surface area contributed by atoms with Gasteiger partial charge < -0.3 is 10.0 Å². The zero-order valence-electron chi connectivity index (χ0n) is 13.2. The molecule has 6 nitrogen and oxygen atoms in total. The number of hydrogen-bond donors (Lipinski definition) is 1. The average Bonchev–Trinajstić information content (AvgIpc) is 3.28. The van der Waals surface area contributed by atoms with Gasteiger partial charge in [0, 0.05) is 6.54 Å². The first kappa shape index (κ1) is 15.7. The molecule has 1 saturated heterocycles. The lowest BCUT2D eigenvalue weighted by Gasteiger charge is -2.27. The predicted molar refractivity (Wildman–Crippen MR) is 82.8 cm³/mol. The Morgan fingerprint density at radius 2 is 1.78 bits per heavy atom. The number of aliphatic hydroxyl groups is 1. The van der Waals surface area contributed by atoms with Gasteiger partial charge in [-0.3, -0.25) is 19.3 Å². The number of imide groups is 1. The Kier molecular flexibility index (Phi) is 3.93. The Morgan fingerprint density at radius 3 is 2.22 bits per heavy atom. The molecule has 0 aromatic heterocycles. The van der Waals surface area contributed by atoms with Gasteiger partial charge in [-0.2, -0.15) is 0 Å². The van der Waals surface area contributed by atoms with E-state index in [1.807, 2.05) is 13.8 Å². The third kappa shape index (κ3) is 2.63. The zero-order chi connectivity index (χ0) is 16.7. The minimum absolute atomic E-state index is 0.0950. The summed E-state index contributed by atoms with van der Waals surface area (Å²) in [4.78, 5) is 40.6. The number of amides is 3. The highest BCUT2D eigenvalue weighted by molar-refractivity contribution is 6.22. The first-order chi connectivity index (χ1) is 11.0. The summed E-state index contributed by atoms with van der Waals surface area (Å²) < 4.78 is 0. The minimum Gasteiger partial charge on any atom is -0.394 e. The lowest BCUT2D eigenvalue weighted by atomic mass is 10.0. The minimum atomic E-state index is -0.807. The Labute approximate surface area is 134 Å². The van der Waals surface area contributed by atoms with Crippen LogP contribution in [0.2, 0.25) is 0 Å². The maximum absolute atomic E-state index is 12.7. The first-order valence-electron chi connectivity index (χ1n) is 7.84. The molecule has 23 heavy (non-hydrogen) atoms. The van der Waals surface area contributed by atoms with E-state index in [-0.39, 0.29) is 24.5 Å². The maximum atomic E-state index is 12.7. The summed E-state index contributed by atoms with van der Waals surface area (Å²) in [6.07, 6.45) is 0.416. The zero-order valence-corrected chi connectivity index (χ0v) is 13.2. The lowest BCUT2D eigenvalue weighted by Crippen LogP contribution is -2.48. The largest absolute Gasteiger partial charge is 0.394 e. The van der Waals surface area contributed by atoms with Crippen molar-refractivity contribution in [3.05, 3.63) is 35.4 Å². The van der Waals surface area contributed by atoms with Gasteiger partial charge in [-0.05, 0) is 24.5 Å². The molecule has 3 amide bonds. The smallest absolute Gasteiger partial charge is 0.262 e. The summed E-state index contributed by atoms with van der Waals surface area (Å²) in [7, 11) is 0. The summed E-state index contributed by atoms with van der Waals surface area (Å²) in [6, 6.07) is 5.64. The van der Waals surface area contributed by atoms with E-state index in [0.29, 0.717) is 24.1 Å². The molecular weight excluding hydrogens is 296 g/mol. The summed E-state index contributed by atoms with van der Waals surface area (Å²) in [5.41, 5.74) is 0.701. The van der Waals surface area contributed by atoms with Crippen molar-refractivity contribution in [2.45, 2.75) is 32.4 Å². The molecule has 2 unspecified atom stereocenters. The van der Waals surface area contributed by atoms with Gasteiger partial charge in [-0.25, -0.2) is 0 Å². The van der Waals surface area contributed by atoms with Crippen LogP contribution in [0.1, 0.15) is 41.0 Å². The maximum Gasteiger partial charge on any atom is 0.262 e. The van der Waals surface area contributed by atoms with Crippen molar-refractivity contribution in [1.29, 1.82) is 0 Å². The normalized spacial score (nSPS) is 21.0. The Hall–Kier alpha value is -2.21. The van der Waals surface area contributed by atoms with Gasteiger partial charge >= 0.3 is 0 Å². The fourth-order valence-electron chi connectivity index (χ4n) is 3.05. The van der Waals surface area contributed by atoms with Crippen LogP contribution < -0.4 is 0 Å². The van der Waals surface area contributed by atoms with Crippen molar-refractivity contribution in [1.82, 2.24) is 9.80 Å². The number of hydrogen-bond acceptors (Lipinski definition) is 4. The summed E-state index contributed by atoms with van der Waals surface area (Å²) in [6.45, 7) is 4.28. The molecule has 3 rings (SSSR count). The van der Waals surface area contributed by atoms with Crippen LogP contribution in [-0.2, 0) is 4.79 Å². The fraction of sp³-hybridized carbons (Fsp3) is 0.471. The van der Waals surface area contributed by atoms with E-state index < -0.39 is 17.9 Å². The van der Waals surface area contributed by atoms with E-state index in [0.717, 1.165) is 4.90 Å². The quantitative estimate of drug-likeness (QED) is 0.647. The van der Waals surface area contributed by atoms with Crippen LogP contribution in [0.25, 0.3) is 0 Å². The van der Waals surface area contributed by atoms with Crippen molar-refractivity contribution in [3.8, 4) is 0 Å². The Bertz CT molecular complexity index is 635. The number of rotatable bonds is 5. The number of aliphatic hydroxyl groups excluding tert-OH is 1. The van der Waals surface area contributed by atoms with E-state index in [9.17, 15) is 14.4 Å². The van der Waals surface area contributed by atoms with Crippen LogP contribution in [0.4, 0.5) is 0 Å². The molecule has 1 aromatic carbocycles. The predicted octanol–water partition coefficient (Wildman–Crippen LogP) is 0.900. The number of benzene rings is 1. The molecule has 1 N–H and O–H groups in total. The summed E-state index contributed by atoms with van der Waals surface area (Å²) >= 11 is 0. The number of nitrogens with zero attached hydrogens (tertiary/aromatic N) is 2. The SMILES string of the molecule is CC(C)CC(C(=O)N1CC1CO)N1C(=O)c2ccccc2C1=O. The first-order valence-corrected chi connectivity index (χ1v) is 7.84. The highest BCUT2D eigenvalue weighted by Crippen LogP contribution is 2.30. The van der Waals surface area contributed by atoms with Crippen molar-refractivity contribution >= 4 is 17.7 Å². The molecule has 0 spiro atoms. The van der Waals surface area contributed by atoms with E-state index >= 15 is 0 Å². The third-order valence-electron chi connectivity index (χ3n) is 4.33. The molecule has 1 fully saturated rings. The third-order valence-corrected chi connectivity index (χ3v) is 4.33. The van der Waals surface area contributed by atoms with Gasteiger partial charge in [-0.1, -0.05) is 26.0 Å². The molecule has 0 bridgehead atoms. The molecule has 6 heteroatoms. The number of fused-ring (bicyclic) bond motifs is 1. The van der Waals surface area contributed by atoms with Crippen molar-refractivity contribution in [3.63, 3.8) is 0 Å². The van der Waals surface area contributed by atoms with Crippen LogP contribution in [0.3, 0.4) is 0 Å². The molecule has 1 aromatic rings. The highest BCUT2D eigenvalue weighted by Gasteiger charge is 2.48. The van der Waals surface area contributed by atoms with Gasteiger partial charge in [0.15, 0.2) is 0 Å². The molecule has 0 radical (unpaired) electrons. The molecule has 2 atom stereocenters. The second kappa shape index (κ2) is 5.77. The molecule has 2 heterocycles. The lowest BCUT2D eigenvalue weighted by molar-refractivity contribution is -0.131. The van der Waals surface area contributed by atoms with Crippen LogP contribution >= 0.6 is 0 Å². The van der Waals surface area contributed by atoms with Gasteiger partial charge in [0.25, 0.3) is 11.8 Å². The monoisotopic (exact) mass is 316 g/mol. The highest BCUT2D eigenvalue weighted by atomic mass is 16.3. The van der Waals surface area contributed by atoms with Gasteiger partial charge in [-0.15, -0.1) is 0 Å². The van der Waals surface area contributed by atoms with Crippen molar-refractivity contribution < 1.29 is 19.5 Å². The second-order valence-corrected chi connectivity index (χ2v) is 6.50. The number of carbonyl (C=O) groups excluding carboxylic acids is 3. The fourth-order valence-corrected chi connectivity index (χ4v) is 3.05. The molecule has 0 aliphatic carbocycles. The summed E-state index contributed by atoms with van der Waals surface area (Å²) in [5.74, 6) is -0.924. The molecule has 122 valence electrons. The van der Waals surface area contributed by atoms with E-state index in [1.54, 1.807) is 24.3 Å². The van der Waals surface area contributed by atoms with Crippen LogP contribution in [0.5, 0.6) is 0 Å². The van der Waals surface area contributed by atoms with Crippen LogP contribution in [0.15, 0.2) is 24.3 Å². The van der Waals surface area contributed by atoms with Crippen molar-refractivity contribution in [2.24, 2.45) is 5.92 Å². The van der Waals surface area contributed by atoms with E-state index in [4.69, 9.17) is 5.11 Å². The van der Waals surface area contributed by atoms with Gasteiger partial charge in [0.2, 0.25) is 5.91 Å². The summed E-state index contributed by atoms with van der Waals surface area (Å²) in [5, 5.41) is 9.16. The van der Waals surface area contributed by atoms with Gasteiger partial charge in [0.05, 0.1) is 23.8 Å². The van der Waals surface area contributed by atoms with E-state index in [1.165, 1.54) is 4.90 Å². The molecule has 2 aliphatic heterocycles. The van der Waals surface area contributed by atoms with Crippen LogP contribution in [0, 0.1) is 5.92 Å². The van der Waals surface area contributed by atoms with Gasteiger partial charge in [0.1, 0.15) is 6.04 Å². The van der Waals surface area contributed by atoms with Crippen molar-refractivity contribution in [2.75, 3.05) is 13.2 Å². The standard InChI is InChI=1S/C17H20N2O4/c1-10(2)7-14(17(23)18-8-11(18)9-20)19-15(21)12-5-3-4-6-13(12)16(19)22/h3-6,10-11,14,20H,7-9H2,1-2H3. The second-order valence-electron chi connectivity index (χ2n) is 6.50. The molecule has 0 saturated carbocycles. The number of carbonyl (C=O) groups is 3. The average molecular weight is 316 g/mol.